The summed E-state index contributed by atoms with van der Waals surface area (Å²) in [6.45, 7) is 2.20. The highest BCUT2D eigenvalue weighted by atomic mass is 79.9. The van der Waals surface area contributed by atoms with Gasteiger partial charge in [-0.05, 0) is 36.8 Å². The summed E-state index contributed by atoms with van der Waals surface area (Å²) in [7, 11) is 0. The summed E-state index contributed by atoms with van der Waals surface area (Å²) < 4.78 is 0.897. The molecule has 1 N–H and O–H groups in total. The lowest BCUT2D eigenvalue weighted by Gasteiger charge is -2.34. The van der Waals surface area contributed by atoms with Crippen LogP contribution in [0.3, 0.4) is 0 Å². The summed E-state index contributed by atoms with van der Waals surface area (Å²) >= 11 is 5.09. The molecular formula is C21H22BrN5OS. The monoisotopic (exact) mass is 471 g/mol. The van der Waals surface area contributed by atoms with Crippen LogP contribution in [-0.4, -0.2) is 26.8 Å². The molecule has 0 aliphatic carbocycles. The number of nitrogens with zero attached hydrogens (tertiary/aromatic N) is 4. The molecule has 1 aromatic carbocycles. The van der Waals surface area contributed by atoms with Gasteiger partial charge in [0.05, 0.1) is 5.36 Å². The van der Waals surface area contributed by atoms with Crippen molar-refractivity contribution in [2.75, 3.05) is 5.75 Å². The van der Waals surface area contributed by atoms with Crippen molar-refractivity contribution in [3.63, 3.8) is 0 Å². The molecule has 150 valence electrons. The third-order valence-corrected chi connectivity index (χ3v) is 6.25. The molecular weight excluding hydrogens is 450 g/mol. The lowest BCUT2D eigenvalue weighted by Crippen LogP contribution is -2.50. The van der Waals surface area contributed by atoms with Crippen LogP contribution in [0.2, 0.25) is 0 Å². The second-order valence-corrected chi connectivity index (χ2v) is 8.91. The summed E-state index contributed by atoms with van der Waals surface area (Å²) in [5.41, 5.74) is 1.46. The number of carbonyl (C=O) groups excluding carboxylic acids is 1. The van der Waals surface area contributed by atoms with Gasteiger partial charge in [0.25, 0.3) is 5.91 Å². The van der Waals surface area contributed by atoms with Crippen molar-refractivity contribution in [1.29, 1.82) is 0 Å². The Hall–Kier alpha value is -2.19. The smallest absolute Gasteiger partial charge is 0.276 e. The third kappa shape index (κ3) is 4.38. The molecule has 0 radical (unpaired) electrons. The summed E-state index contributed by atoms with van der Waals surface area (Å²) in [6.07, 6.45) is 7.82. The van der Waals surface area contributed by atoms with Crippen molar-refractivity contribution in [2.45, 2.75) is 38.8 Å². The van der Waals surface area contributed by atoms with E-state index in [4.69, 9.17) is 10.1 Å². The number of nitrogens with one attached hydrogen (secondary N) is 1. The molecule has 1 aromatic heterocycles. The Morgan fingerprint density at radius 1 is 1.17 bits per heavy atom. The van der Waals surface area contributed by atoms with Crippen LogP contribution in [0.5, 0.6) is 0 Å². The number of amidine groups is 1. The van der Waals surface area contributed by atoms with E-state index in [9.17, 15) is 4.79 Å². The SMILES string of the molecule is CCCCCCSC1=NN2C(=c3cc(Br)ccc3=NC2c2ccncc2)C(=O)N1. The molecule has 0 saturated heterocycles. The first-order valence-corrected chi connectivity index (χ1v) is 11.5. The van der Waals surface area contributed by atoms with Gasteiger partial charge >= 0.3 is 0 Å². The Kier molecular flexibility index (Phi) is 6.30. The predicted molar refractivity (Wildman–Crippen MR) is 119 cm³/mol. The molecule has 6 nitrogen and oxygen atoms in total. The van der Waals surface area contributed by atoms with E-state index in [-0.39, 0.29) is 5.91 Å². The number of hydrazone groups is 1. The summed E-state index contributed by atoms with van der Waals surface area (Å²) in [6, 6.07) is 9.60. The quantitative estimate of drug-likeness (QED) is 0.656. The maximum absolute atomic E-state index is 13.1. The topological polar surface area (TPSA) is 70.0 Å². The van der Waals surface area contributed by atoms with Crippen molar-refractivity contribution in [3.8, 4) is 0 Å². The molecule has 0 bridgehead atoms. The number of pyridine rings is 1. The molecule has 4 rings (SSSR count). The molecule has 3 heterocycles. The number of benzene rings is 1. The summed E-state index contributed by atoms with van der Waals surface area (Å²) in [4.78, 5) is 22.1. The third-order valence-electron chi connectivity index (χ3n) is 4.81. The maximum Gasteiger partial charge on any atom is 0.276 e. The van der Waals surface area contributed by atoms with Crippen molar-refractivity contribution in [2.24, 2.45) is 10.1 Å². The van der Waals surface area contributed by atoms with E-state index in [1.807, 2.05) is 30.3 Å². The molecule has 0 fully saturated rings. The van der Waals surface area contributed by atoms with E-state index in [0.717, 1.165) is 32.8 Å². The van der Waals surface area contributed by atoms with Gasteiger partial charge in [-0.25, -0.2) is 5.01 Å². The van der Waals surface area contributed by atoms with Gasteiger partial charge in [0, 0.05) is 33.4 Å². The van der Waals surface area contributed by atoms with E-state index >= 15 is 0 Å². The fraction of sp³-hybridized carbons (Fsp3) is 0.333. The van der Waals surface area contributed by atoms with Crippen molar-refractivity contribution >= 4 is 44.5 Å². The second-order valence-electron chi connectivity index (χ2n) is 6.91. The highest BCUT2D eigenvalue weighted by Crippen LogP contribution is 2.30. The lowest BCUT2D eigenvalue weighted by molar-refractivity contribution is -0.116. The van der Waals surface area contributed by atoms with E-state index in [0.29, 0.717) is 10.9 Å². The number of hydrogen-bond donors (Lipinski definition) is 1. The maximum atomic E-state index is 13.1. The zero-order chi connectivity index (χ0) is 20.2. The van der Waals surface area contributed by atoms with Crippen LogP contribution in [0.1, 0.15) is 44.3 Å². The van der Waals surface area contributed by atoms with Gasteiger partial charge in [-0.3, -0.25) is 20.1 Å². The minimum absolute atomic E-state index is 0.149. The number of halogens is 1. The van der Waals surface area contributed by atoms with Gasteiger partial charge < -0.3 is 0 Å². The molecule has 1 unspecified atom stereocenters. The second kappa shape index (κ2) is 9.09. The van der Waals surface area contributed by atoms with Crippen LogP contribution in [0.15, 0.2) is 57.3 Å². The van der Waals surface area contributed by atoms with Crippen LogP contribution < -0.4 is 15.9 Å². The number of fused-ring (bicyclic) bond motifs is 2. The highest BCUT2D eigenvalue weighted by Gasteiger charge is 2.34. The fourth-order valence-electron chi connectivity index (χ4n) is 3.37. The number of aromatic nitrogens is 1. The molecule has 29 heavy (non-hydrogen) atoms. The van der Waals surface area contributed by atoms with E-state index in [1.54, 1.807) is 29.2 Å². The molecule has 0 spiro atoms. The molecule has 2 aliphatic heterocycles. The number of carbonyl (C=O) groups is 1. The Bertz CT molecular complexity index is 1060. The number of thioether (sulfide) groups is 1. The number of unbranched alkanes of at least 4 members (excludes halogenated alkanes) is 3. The van der Waals surface area contributed by atoms with E-state index in [2.05, 4.69) is 33.2 Å². The number of rotatable bonds is 6. The Morgan fingerprint density at radius 2 is 2.00 bits per heavy atom. The molecule has 8 heteroatoms. The van der Waals surface area contributed by atoms with Gasteiger partial charge in [0.2, 0.25) is 0 Å². The average molecular weight is 472 g/mol. The van der Waals surface area contributed by atoms with Crippen molar-refractivity contribution in [1.82, 2.24) is 15.3 Å². The van der Waals surface area contributed by atoms with E-state index in [1.165, 1.54) is 19.3 Å². The van der Waals surface area contributed by atoms with Gasteiger partial charge in [-0.15, -0.1) is 5.10 Å². The average Bonchev–Trinajstić information content (AvgIpc) is 2.73. The molecule has 0 saturated carbocycles. The number of hydrogen-bond acceptors (Lipinski definition) is 6. The van der Waals surface area contributed by atoms with Crippen molar-refractivity contribution in [3.05, 3.63) is 63.3 Å². The zero-order valence-electron chi connectivity index (χ0n) is 16.1. The molecule has 2 aromatic rings. The molecule has 1 atom stereocenters. The van der Waals surface area contributed by atoms with Gasteiger partial charge in [-0.2, -0.15) is 0 Å². The van der Waals surface area contributed by atoms with Gasteiger partial charge in [0.1, 0.15) is 5.70 Å². The highest BCUT2D eigenvalue weighted by molar-refractivity contribution is 9.10. The van der Waals surface area contributed by atoms with E-state index < -0.39 is 6.17 Å². The normalized spacial score (nSPS) is 17.8. The van der Waals surface area contributed by atoms with Crippen LogP contribution in [0, 0.1) is 0 Å². The van der Waals surface area contributed by atoms with Crippen LogP contribution in [-0.2, 0) is 4.79 Å². The van der Waals surface area contributed by atoms with Crippen LogP contribution >= 0.6 is 27.7 Å². The standard InChI is InChI=1S/C21H22BrN5OS/c1-2-3-4-5-12-29-21-25-20(28)18-16-13-15(22)6-7-17(16)24-19(27(18)26-21)14-8-10-23-11-9-14/h6-11,13,19H,2-5,12H2,1H3,(H,25,26,28). The van der Waals surface area contributed by atoms with Gasteiger partial charge in [0.15, 0.2) is 11.3 Å². The summed E-state index contributed by atoms with van der Waals surface area (Å²) in [5, 5.41) is 11.7. The van der Waals surface area contributed by atoms with Crippen molar-refractivity contribution < 1.29 is 4.79 Å². The number of amides is 1. The minimum Gasteiger partial charge on any atom is -0.298 e. The zero-order valence-corrected chi connectivity index (χ0v) is 18.5. The Morgan fingerprint density at radius 3 is 2.79 bits per heavy atom. The summed E-state index contributed by atoms with van der Waals surface area (Å²) in [5.74, 6) is 0.783. The van der Waals surface area contributed by atoms with Gasteiger partial charge in [-0.1, -0.05) is 53.9 Å². The Balaban J connectivity index is 1.72. The van der Waals surface area contributed by atoms with Crippen LogP contribution in [0.25, 0.3) is 5.70 Å². The first-order valence-electron chi connectivity index (χ1n) is 9.77. The first-order chi connectivity index (χ1) is 14.2. The van der Waals surface area contributed by atoms with Crippen LogP contribution in [0.4, 0.5) is 0 Å². The fourth-order valence-corrected chi connectivity index (χ4v) is 4.58. The lowest BCUT2D eigenvalue weighted by atomic mass is 10.1. The molecule has 1 amide bonds. The molecule has 2 aliphatic rings. The first kappa shape index (κ1) is 20.1. The minimum atomic E-state index is -0.400. The Labute approximate surface area is 182 Å². The predicted octanol–water partition coefficient (Wildman–Crippen LogP) is 3.30. The largest absolute Gasteiger partial charge is 0.298 e.